The van der Waals surface area contributed by atoms with Crippen LogP contribution in [0.25, 0.3) is 0 Å². The van der Waals surface area contributed by atoms with Crippen LogP contribution in [0, 0.1) is 5.92 Å². The Morgan fingerprint density at radius 2 is 2.00 bits per heavy atom. The number of β-amino-alcohol motifs (C(OH)–C–C–N with tert-alkyl or cyclic N) is 1. The van der Waals surface area contributed by atoms with Gasteiger partial charge in [0, 0.05) is 0 Å². The predicted octanol–water partition coefficient (Wildman–Crippen LogP) is 1.06. The van der Waals surface area contributed by atoms with Gasteiger partial charge < -0.3 is 19.5 Å². The number of hydrogen-bond acceptors (Lipinski definition) is 4. The summed E-state index contributed by atoms with van der Waals surface area (Å²) in [6, 6.07) is 7.31. The number of carbonyl (C=O) groups is 1. The molecule has 1 fully saturated rings. The summed E-state index contributed by atoms with van der Waals surface area (Å²) < 4.78 is 11.2. The summed E-state index contributed by atoms with van der Waals surface area (Å²) in [5.41, 5.74) is -0.761. The minimum atomic E-state index is -0.761. The quantitative estimate of drug-likeness (QED) is 0.878. The maximum atomic E-state index is 12.3. The molecule has 0 radical (unpaired) electrons. The summed E-state index contributed by atoms with van der Waals surface area (Å²) in [7, 11) is 0. The average molecular weight is 277 g/mol. The Kier molecular flexibility index (Phi) is 3.09. The molecule has 3 rings (SSSR count). The highest BCUT2D eigenvalue weighted by molar-refractivity contribution is 5.83. The number of carbonyl (C=O) groups excluding carboxylic acids is 1. The molecule has 1 unspecified atom stereocenters. The van der Waals surface area contributed by atoms with Crippen LogP contribution in [-0.2, 0) is 4.79 Å². The summed E-state index contributed by atoms with van der Waals surface area (Å²) in [4.78, 5) is 13.9. The van der Waals surface area contributed by atoms with Crippen molar-refractivity contribution < 1.29 is 19.4 Å². The van der Waals surface area contributed by atoms with Gasteiger partial charge in [0.05, 0.1) is 13.1 Å². The number of likely N-dealkylation sites (tertiary alicyclic amines) is 1. The summed E-state index contributed by atoms with van der Waals surface area (Å²) in [5, 5.41) is 10.2. The van der Waals surface area contributed by atoms with Crippen LogP contribution in [0.5, 0.6) is 11.5 Å². The predicted molar refractivity (Wildman–Crippen MR) is 72.7 cm³/mol. The highest BCUT2D eigenvalue weighted by atomic mass is 16.6. The molecule has 0 aliphatic carbocycles. The van der Waals surface area contributed by atoms with Crippen molar-refractivity contribution >= 4 is 5.91 Å². The number of fused-ring (bicyclic) bond motifs is 1. The number of aliphatic hydroxyl groups is 1. The van der Waals surface area contributed by atoms with Crippen LogP contribution in [0.15, 0.2) is 24.3 Å². The lowest BCUT2D eigenvalue weighted by molar-refractivity contribution is -0.172. The van der Waals surface area contributed by atoms with Gasteiger partial charge in [-0.1, -0.05) is 26.0 Å². The SMILES string of the molecule is CC(C)C1(O)CN(C(=O)C2COc3ccccc3O2)C1. The number of hydrogen-bond donors (Lipinski definition) is 1. The van der Waals surface area contributed by atoms with E-state index in [1.165, 1.54) is 0 Å². The zero-order valence-electron chi connectivity index (χ0n) is 11.7. The molecular weight excluding hydrogens is 258 g/mol. The maximum absolute atomic E-state index is 12.3. The first-order valence-electron chi connectivity index (χ1n) is 6.89. The monoisotopic (exact) mass is 277 g/mol. The van der Waals surface area contributed by atoms with Crippen molar-refractivity contribution in [3.63, 3.8) is 0 Å². The van der Waals surface area contributed by atoms with Crippen LogP contribution in [0.3, 0.4) is 0 Å². The molecule has 2 aliphatic rings. The van der Waals surface area contributed by atoms with Crippen LogP contribution in [0.1, 0.15) is 13.8 Å². The molecule has 2 aliphatic heterocycles. The number of rotatable bonds is 2. The molecule has 0 saturated carbocycles. The summed E-state index contributed by atoms with van der Waals surface area (Å²) in [6.45, 7) is 4.86. The Hall–Kier alpha value is -1.75. The van der Waals surface area contributed by atoms with Crippen molar-refractivity contribution in [2.45, 2.75) is 25.6 Å². The molecule has 5 heteroatoms. The van der Waals surface area contributed by atoms with Gasteiger partial charge >= 0.3 is 0 Å². The number of ether oxygens (including phenoxy) is 2. The Labute approximate surface area is 118 Å². The second-order valence-electron chi connectivity index (χ2n) is 5.82. The first-order valence-corrected chi connectivity index (χ1v) is 6.89. The van der Waals surface area contributed by atoms with Gasteiger partial charge in [0.2, 0.25) is 6.10 Å². The van der Waals surface area contributed by atoms with Gasteiger partial charge in [-0.25, -0.2) is 0 Å². The van der Waals surface area contributed by atoms with E-state index < -0.39 is 11.7 Å². The third-order valence-corrected chi connectivity index (χ3v) is 4.10. The Balaban J connectivity index is 1.64. The lowest BCUT2D eigenvalue weighted by Crippen LogP contribution is -2.68. The Morgan fingerprint density at radius 1 is 1.35 bits per heavy atom. The molecule has 108 valence electrons. The molecule has 0 spiro atoms. The number of nitrogens with zero attached hydrogens (tertiary/aromatic N) is 1. The van der Waals surface area contributed by atoms with E-state index in [4.69, 9.17) is 9.47 Å². The van der Waals surface area contributed by atoms with Crippen molar-refractivity contribution in [1.29, 1.82) is 0 Å². The molecular formula is C15H19NO4. The first kappa shape index (κ1) is 13.2. The van der Waals surface area contributed by atoms with Crippen LogP contribution in [0.2, 0.25) is 0 Å². The second-order valence-corrected chi connectivity index (χ2v) is 5.82. The molecule has 5 nitrogen and oxygen atoms in total. The fourth-order valence-corrected chi connectivity index (χ4v) is 2.48. The number of para-hydroxylation sites is 2. The van der Waals surface area contributed by atoms with E-state index in [9.17, 15) is 9.90 Å². The molecule has 1 atom stereocenters. The average Bonchev–Trinajstić information content (AvgIpc) is 2.42. The summed E-state index contributed by atoms with van der Waals surface area (Å²) >= 11 is 0. The van der Waals surface area contributed by atoms with E-state index in [-0.39, 0.29) is 18.4 Å². The van der Waals surface area contributed by atoms with Crippen LogP contribution < -0.4 is 9.47 Å². The van der Waals surface area contributed by atoms with E-state index in [0.29, 0.717) is 24.6 Å². The molecule has 2 heterocycles. The third kappa shape index (κ3) is 2.12. The molecule has 0 aromatic heterocycles. The molecule has 1 N–H and O–H groups in total. The van der Waals surface area contributed by atoms with Crippen molar-refractivity contribution in [1.82, 2.24) is 4.90 Å². The van der Waals surface area contributed by atoms with Crippen LogP contribution in [-0.4, -0.2) is 47.3 Å². The van der Waals surface area contributed by atoms with Gasteiger partial charge in [-0.3, -0.25) is 4.79 Å². The van der Waals surface area contributed by atoms with Gasteiger partial charge in [0.25, 0.3) is 5.91 Å². The normalized spacial score (nSPS) is 23.4. The van der Waals surface area contributed by atoms with Gasteiger partial charge in [0.15, 0.2) is 11.5 Å². The maximum Gasteiger partial charge on any atom is 0.267 e. The largest absolute Gasteiger partial charge is 0.485 e. The van der Waals surface area contributed by atoms with Gasteiger partial charge in [-0.15, -0.1) is 0 Å². The van der Waals surface area contributed by atoms with E-state index in [0.717, 1.165) is 0 Å². The van der Waals surface area contributed by atoms with Crippen molar-refractivity contribution in [3.05, 3.63) is 24.3 Å². The van der Waals surface area contributed by atoms with Gasteiger partial charge in [-0.05, 0) is 18.1 Å². The lowest BCUT2D eigenvalue weighted by atomic mass is 9.83. The van der Waals surface area contributed by atoms with Gasteiger partial charge in [-0.2, -0.15) is 0 Å². The molecule has 1 saturated heterocycles. The zero-order chi connectivity index (χ0) is 14.3. The molecule has 1 aromatic rings. The third-order valence-electron chi connectivity index (χ3n) is 4.10. The topological polar surface area (TPSA) is 59.0 Å². The number of benzene rings is 1. The highest BCUT2D eigenvalue weighted by Gasteiger charge is 2.48. The molecule has 0 bridgehead atoms. The molecule has 1 amide bonds. The number of amides is 1. The van der Waals surface area contributed by atoms with Crippen LogP contribution in [0.4, 0.5) is 0 Å². The molecule has 1 aromatic carbocycles. The highest BCUT2D eigenvalue weighted by Crippen LogP contribution is 2.33. The fraction of sp³-hybridized carbons (Fsp3) is 0.533. The van der Waals surface area contributed by atoms with E-state index in [2.05, 4.69) is 0 Å². The lowest BCUT2D eigenvalue weighted by Gasteiger charge is -2.49. The molecule has 20 heavy (non-hydrogen) atoms. The van der Waals surface area contributed by atoms with E-state index >= 15 is 0 Å². The van der Waals surface area contributed by atoms with E-state index in [1.54, 1.807) is 11.0 Å². The zero-order valence-corrected chi connectivity index (χ0v) is 11.7. The van der Waals surface area contributed by atoms with Crippen LogP contribution >= 0.6 is 0 Å². The van der Waals surface area contributed by atoms with Crippen molar-refractivity contribution in [2.75, 3.05) is 19.7 Å². The fourth-order valence-electron chi connectivity index (χ4n) is 2.48. The summed E-state index contributed by atoms with van der Waals surface area (Å²) in [6.07, 6.45) is -0.624. The second kappa shape index (κ2) is 4.66. The van der Waals surface area contributed by atoms with Gasteiger partial charge in [0.1, 0.15) is 12.2 Å². The Morgan fingerprint density at radius 3 is 2.65 bits per heavy atom. The van der Waals surface area contributed by atoms with Crippen molar-refractivity contribution in [2.24, 2.45) is 5.92 Å². The Bertz CT molecular complexity index is 522. The minimum Gasteiger partial charge on any atom is -0.485 e. The van der Waals surface area contributed by atoms with E-state index in [1.807, 2.05) is 32.0 Å². The standard InChI is InChI=1S/C15H19NO4/c1-10(2)15(18)8-16(9-15)14(17)13-7-19-11-5-3-4-6-12(11)20-13/h3-6,10,13,18H,7-9H2,1-2H3. The first-order chi connectivity index (χ1) is 9.49. The smallest absolute Gasteiger partial charge is 0.267 e. The summed E-state index contributed by atoms with van der Waals surface area (Å²) in [5.74, 6) is 1.27. The minimum absolute atomic E-state index is 0.121. The van der Waals surface area contributed by atoms with Crippen molar-refractivity contribution in [3.8, 4) is 11.5 Å².